The molecule has 1 aliphatic rings. The van der Waals surface area contributed by atoms with Crippen molar-refractivity contribution in [1.82, 2.24) is 10.1 Å². The van der Waals surface area contributed by atoms with Gasteiger partial charge < -0.3 is 15.0 Å². The van der Waals surface area contributed by atoms with Crippen LogP contribution in [-0.2, 0) is 10.3 Å². The molecule has 2 N–H and O–H groups in total. The molecule has 1 fully saturated rings. The lowest BCUT2D eigenvalue weighted by Gasteiger charge is -2.35. The van der Waals surface area contributed by atoms with Gasteiger partial charge in [0.2, 0.25) is 5.89 Å². The van der Waals surface area contributed by atoms with Gasteiger partial charge in [0, 0.05) is 13.5 Å². The summed E-state index contributed by atoms with van der Waals surface area (Å²) >= 11 is 0. The third-order valence-electron chi connectivity index (χ3n) is 2.92. The first-order valence-electron chi connectivity index (χ1n) is 5.35. The minimum absolute atomic E-state index is 0.211. The molecular weight excluding hydrogens is 194 g/mol. The van der Waals surface area contributed by atoms with E-state index in [1.807, 2.05) is 0 Å². The molecule has 0 spiro atoms. The Bertz CT molecular complexity index is 339. The molecule has 2 unspecified atom stereocenters. The minimum Gasteiger partial charge on any atom is -0.378 e. The molecule has 0 bridgehead atoms. The molecular formula is C10H17N3O2. The first-order chi connectivity index (χ1) is 7.14. The Morgan fingerprint density at radius 3 is 3.00 bits per heavy atom. The van der Waals surface area contributed by atoms with E-state index in [4.69, 9.17) is 15.0 Å². The summed E-state index contributed by atoms with van der Waals surface area (Å²) in [5.74, 6) is 1.18. The lowest BCUT2D eigenvalue weighted by Crippen LogP contribution is -2.46. The summed E-state index contributed by atoms with van der Waals surface area (Å²) < 4.78 is 10.6. The summed E-state index contributed by atoms with van der Waals surface area (Å²) in [5.41, 5.74) is 5.82. The zero-order valence-electron chi connectivity index (χ0n) is 9.19. The number of hydrogen-bond donors (Lipinski definition) is 1. The zero-order valence-corrected chi connectivity index (χ0v) is 9.19. The predicted octanol–water partition coefficient (Wildman–Crippen LogP) is 1.12. The van der Waals surface area contributed by atoms with Crippen molar-refractivity contribution in [2.45, 2.75) is 44.8 Å². The third-order valence-corrected chi connectivity index (χ3v) is 2.92. The van der Waals surface area contributed by atoms with Crippen molar-refractivity contribution in [3.8, 4) is 0 Å². The van der Waals surface area contributed by atoms with Crippen molar-refractivity contribution in [2.24, 2.45) is 5.73 Å². The van der Waals surface area contributed by atoms with Crippen molar-refractivity contribution in [2.75, 3.05) is 6.61 Å². The summed E-state index contributed by atoms with van der Waals surface area (Å²) in [6.45, 7) is 4.54. The van der Waals surface area contributed by atoms with Gasteiger partial charge in [0.25, 0.3) is 0 Å². The average Bonchev–Trinajstić information content (AvgIpc) is 2.65. The van der Waals surface area contributed by atoms with E-state index in [1.165, 1.54) is 0 Å². The summed E-state index contributed by atoms with van der Waals surface area (Å²) in [6, 6.07) is 0. The topological polar surface area (TPSA) is 74.2 Å². The smallest absolute Gasteiger partial charge is 0.223 e. The number of hydrogen-bond acceptors (Lipinski definition) is 5. The molecule has 2 rings (SSSR count). The van der Waals surface area contributed by atoms with Gasteiger partial charge in [0.1, 0.15) is 0 Å². The van der Waals surface area contributed by atoms with E-state index in [9.17, 15) is 0 Å². The Balaban J connectivity index is 2.18. The van der Waals surface area contributed by atoms with Gasteiger partial charge in [-0.2, -0.15) is 4.98 Å². The quantitative estimate of drug-likeness (QED) is 0.793. The van der Waals surface area contributed by atoms with E-state index < -0.39 is 5.54 Å². The second-order valence-electron chi connectivity index (χ2n) is 4.15. The minimum atomic E-state index is -0.476. The Morgan fingerprint density at radius 1 is 1.60 bits per heavy atom. The van der Waals surface area contributed by atoms with Gasteiger partial charge in [-0.05, 0) is 19.3 Å². The molecule has 2 heterocycles. The number of nitrogens with two attached hydrogens (primary N) is 1. The molecule has 1 aromatic heterocycles. The highest BCUT2D eigenvalue weighted by Crippen LogP contribution is 2.31. The fourth-order valence-electron chi connectivity index (χ4n) is 1.94. The van der Waals surface area contributed by atoms with Crippen LogP contribution in [0.2, 0.25) is 0 Å². The van der Waals surface area contributed by atoms with Gasteiger partial charge in [-0.3, -0.25) is 0 Å². The maximum absolute atomic E-state index is 6.29. The summed E-state index contributed by atoms with van der Waals surface area (Å²) in [7, 11) is 0. The molecule has 0 saturated carbocycles. The van der Waals surface area contributed by atoms with E-state index in [-0.39, 0.29) is 6.10 Å². The van der Waals surface area contributed by atoms with Crippen LogP contribution in [0, 0.1) is 6.92 Å². The van der Waals surface area contributed by atoms with E-state index >= 15 is 0 Å². The highest BCUT2D eigenvalue weighted by atomic mass is 16.5. The van der Waals surface area contributed by atoms with Crippen molar-refractivity contribution in [3.05, 3.63) is 11.7 Å². The van der Waals surface area contributed by atoms with Crippen LogP contribution in [0.3, 0.4) is 0 Å². The predicted molar refractivity (Wildman–Crippen MR) is 54.2 cm³/mol. The second-order valence-corrected chi connectivity index (χ2v) is 4.15. The van der Waals surface area contributed by atoms with Crippen LogP contribution in [0.5, 0.6) is 0 Å². The van der Waals surface area contributed by atoms with Crippen LogP contribution in [0.15, 0.2) is 4.52 Å². The molecule has 1 saturated heterocycles. The summed E-state index contributed by atoms with van der Waals surface area (Å²) in [5, 5.41) is 3.91. The maximum Gasteiger partial charge on any atom is 0.223 e. The van der Waals surface area contributed by atoms with Crippen molar-refractivity contribution in [3.63, 3.8) is 0 Å². The number of aryl methyl sites for hydroxylation is 1. The largest absolute Gasteiger partial charge is 0.378 e. The number of ether oxygens (including phenoxy) is 1. The van der Waals surface area contributed by atoms with Gasteiger partial charge in [-0.15, -0.1) is 0 Å². The van der Waals surface area contributed by atoms with Crippen molar-refractivity contribution < 1.29 is 9.26 Å². The molecule has 1 aliphatic heterocycles. The van der Waals surface area contributed by atoms with Gasteiger partial charge in [0.05, 0.1) is 11.6 Å². The van der Waals surface area contributed by atoms with Crippen LogP contribution < -0.4 is 5.73 Å². The molecule has 0 radical (unpaired) electrons. The Morgan fingerprint density at radius 2 is 2.40 bits per heavy atom. The summed E-state index contributed by atoms with van der Waals surface area (Å²) in [6.07, 6.45) is 2.70. The molecule has 84 valence electrons. The van der Waals surface area contributed by atoms with E-state index in [2.05, 4.69) is 17.1 Å². The molecule has 5 heteroatoms. The fourth-order valence-corrected chi connectivity index (χ4v) is 1.94. The first-order valence-corrected chi connectivity index (χ1v) is 5.35. The molecule has 15 heavy (non-hydrogen) atoms. The van der Waals surface area contributed by atoms with Crippen molar-refractivity contribution in [1.29, 1.82) is 0 Å². The molecule has 0 aromatic carbocycles. The van der Waals surface area contributed by atoms with Crippen LogP contribution in [0.1, 0.15) is 37.9 Å². The maximum atomic E-state index is 6.29. The Kier molecular flexibility index (Phi) is 2.75. The van der Waals surface area contributed by atoms with Crippen molar-refractivity contribution >= 4 is 0 Å². The third kappa shape index (κ3) is 2.03. The normalized spacial score (nSPS) is 31.8. The lowest BCUT2D eigenvalue weighted by molar-refractivity contribution is -0.0239. The fraction of sp³-hybridized carbons (Fsp3) is 0.800. The van der Waals surface area contributed by atoms with E-state index in [0.29, 0.717) is 18.3 Å². The number of aromatic nitrogens is 2. The number of nitrogens with zero attached hydrogens (tertiary/aromatic N) is 2. The standard InChI is InChI=1S/C10H17N3O2/c1-3-8-6-10(11,4-5-14-8)9-12-7(2)15-13-9/h8H,3-6,11H2,1-2H3. The molecule has 0 amide bonds. The zero-order chi connectivity index (χ0) is 10.9. The van der Waals surface area contributed by atoms with Gasteiger partial charge in [-0.25, -0.2) is 0 Å². The molecule has 0 aliphatic carbocycles. The van der Waals surface area contributed by atoms with Gasteiger partial charge in [0.15, 0.2) is 5.82 Å². The van der Waals surface area contributed by atoms with Gasteiger partial charge in [-0.1, -0.05) is 12.1 Å². The SMILES string of the molecule is CCC1CC(N)(c2noc(C)n2)CCO1. The highest BCUT2D eigenvalue weighted by Gasteiger charge is 2.38. The van der Waals surface area contributed by atoms with Crippen LogP contribution in [0.25, 0.3) is 0 Å². The number of rotatable bonds is 2. The second kappa shape index (κ2) is 3.90. The molecule has 5 nitrogen and oxygen atoms in total. The molecule has 2 atom stereocenters. The Hall–Kier alpha value is -0.940. The monoisotopic (exact) mass is 211 g/mol. The summed E-state index contributed by atoms with van der Waals surface area (Å²) in [4.78, 5) is 4.22. The van der Waals surface area contributed by atoms with Crippen LogP contribution >= 0.6 is 0 Å². The highest BCUT2D eigenvalue weighted by molar-refractivity contribution is 5.05. The van der Waals surface area contributed by atoms with Crippen LogP contribution in [-0.4, -0.2) is 22.9 Å². The average molecular weight is 211 g/mol. The van der Waals surface area contributed by atoms with Gasteiger partial charge >= 0.3 is 0 Å². The lowest BCUT2D eigenvalue weighted by atomic mass is 9.86. The first kappa shape index (κ1) is 10.6. The van der Waals surface area contributed by atoms with E-state index in [0.717, 1.165) is 19.3 Å². The Labute approximate surface area is 89.0 Å². The van der Waals surface area contributed by atoms with E-state index in [1.54, 1.807) is 6.92 Å². The molecule has 1 aromatic rings. The van der Waals surface area contributed by atoms with Crippen LogP contribution in [0.4, 0.5) is 0 Å².